The highest BCUT2D eigenvalue weighted by molar-refractivity contribution is 5.52. The number of carbonyl (C=O) groups is 1. The van der Waals surface area contributed by atoms with Crippen LogP contribution in [-0.2, 0) is 18.0 Å². The van der Waals surface area contributed by atoms with Gasteiger partial charge in [0.2, 0.25) is 5.88 Å². The van der Waals surface area contributed by atoms with Crippen LogP contribution >= 0.6 is 0 Å². The van der Waals surface area contributed by atoms with E-state index >= 15 is 0 Å². The van der Waals surface area contributed by atoms with Gasteiger partial charge in [0.25, 0.3) is 5.56 Å². The van der Waals surface area contributed by atoms with Gasteiger partial charge < -0.3 is 9.47 Å². The number of hydrogen-bond donors (Lipinski definition) is 0. The Balaban J connectivity index is 2.02. The molecule has 3 rings (SSSR count). The summed E-state index contributed by atoms with van der Waals surface area (Å²) in [5, 5.41) is 0. The molecule has 0 amide bonds. The van der Waals surface area contributed by atoms with Crippen LogP contribution in [0, 0.1) is 0 Å². The fourth-order valence-electron chi connectivity index (χ4n) is 2.58. The minimum Gasteiger partial charge on any atom is -0.482 e. The van der Waals surface area contributed by atoms with Crippen LogP contribution in [0.3, 0.4) is 0 Å². The quantitative estimate of drug-likeness (QED) is 0.568. The van der Waals surface area contributed by atoms with Gasteiger partial charge in [-0.1, -0.05) is 18.2 Å². The van der Waals surface area contributed by atoms with Crippen molar-refractivity contribution in [2.24, 2.45) is 7.05 Å². The highest BCUT2D eigenvalue weighted by Crippen LogP contribution is 2.30. The van der Waals surface area contributed by atoms with Gasteiger partial charge >= 0.3 is 11.9 Å². The van der Waals surface area contributed by atoms with E-state index in [2.05, 4.69) is 4.98 Å². The van der Waals surface area contributed by atoms with E-state index in [1.807, 2.05) is 0 Å². The summed E-state index contributed by atoms with van der Waals surface area (Å²) in [5.41, 5.74) is -3.78. The number of halogens is 3. The lowest BCUT2D eigenvalue weighted by atomic mass is 10.3. The van der Waals surface area contributed by atoms with Gasteiger partial charge in [0.05, 0.1) is 0 Å². The Hall–Kier alpha value is -3.89. The smallest absolute Gasteiger partial charge is 0.431 e. The molecule has 0 atom stereocenters. The number of carbonyl (C=O) groups excluding carboxylic acids is 1. The number of rotatable bonds is 6. The summed E-state index contributed by atoms with van der Waals surface area (Å²) in [7, 11) is 0.905. The molecule has 2 heterocycles. The van der Waals surface area contributed by atoms with Crippen molar-refractivity contribution in [2.75, 3.05) is 6.61 Å². The van der Waals surface area contributed by atoms with Gasteiger partial charge in [-0.15, -0.1) is 0 Å². The minimum atomic E-state index is -4.87. The van der Waals surface area contributed by atoms with E-state index in [0.717, 1.165) is 7.05 Å². The topological polar surface area (TPSA) is 92.4 Å². The van der Waals surface area contributed by atoms with Gasteiger partial charge in [0.15, 0.2) is 17.8 Å². The molecule has 0 spiro atoms. The fraction of sp³-hybridized carbons (Fsp3) is 0.158. The average Bonchev–Trinajstić information content (AvgIpc) is 2.70. The summed E-state index contributed by atoms with van der Waals surface area (Å²) >= 11 is 0. The predicted molar refractivity (Wildman–Crippen MR) is 98.2 cm³/mol. The fourth-order valence-corrected chi connectivity index (χ4v) is 2.58. The first-order valence-corrected chi connectivity index (χ1v) is 8.43. The van der Waals surface area contributed by atoms with Crippen molar-refractivity contribution in [3.05, 3.63) is 75.1 Å². The van der Waals surface area contributed by atoms with Gasteiger partial charge in [-0.25, -0.2) is 9.36 Å². The van der Waals surface area contributed by atoms with Crippen LogP contribution in [0.1, 0.15) is 5.69 Å². The first kappa shape index (κ1) is 20.8. The summed E-state index contributed by atoms with van der Waals surface area (Å²) in [6, 6.07) is 10.8. The van der Waals surface area contributed by atoms with Crippen LogP contribution in [0.25, 0.3) is 5.82 Å². The number of aromatic nitrogens is 3. The lowest BCUT2D eigenvalue weighted by Gasteiger charge is -2.14. The minimum absolute atomic E-state index is 0.0523. The second-order valence-electron chi connectivity index (χ2n) is 5.90. The van der Waals surface area contributed by atoms with Gasteiger partial charge in [-0.2, -0.15) is 18.2 Å². The molecule has 0 fully saturated rings. The zero-order valence-electron chi connectivity index (χ0n) is 15.4. The molecular weight excluding hydrogens is 407 g/mol. The van der Waals surface area contributed by atoms with E-state index in [0.29, 0.717) is 21.5 Å². The monoisotopic (exact) mass is 421 g/mol. The third-order valence-corrected chi connectivity index (χ3v) is 3.92. The van der Waals surface area contributed by atoms with E-state index in [1.165, 1.54) is 24.3 Å². The summed E-state index contributed by atoms with van der Waals surface area (Å²) in [6.07, 6.45) is -4.31. The number of ether oxygens (including phenoxy) is 2. The lowest BCUT2D eigenvalue weighted by molar-refractivity contribution is -0.144. The summed E-state index contributed by atoms with van der Waals surface area (Å²) < 4.78 is 50.6. The first-order valence-electron chi connectivity index (χ1n) is 8.43. The zero-order chi connectivity index (χ0) is 21.9. The van der Waals surface area contributed by atoms with E-state index < -0.39 is 23.1 Å². The van der Waals surface area contributed by atoms with Crippen molar-refractivity contribution < 1.29 is 27.4 Å². The number of hydrogen-bond acceptors (Lipinski definition) is 6. The second-order valence-corrected chi connectivity index (χ2v) is 5.90. The highest BCUT2D eigenvalue weighted by Gasteiger charge is 2.35. The molecule has 0 unspecified atom stereocenters. The number of para-hydroxylation sites is 2. The van der Waals surface area contributed by atoms with Crippen LogP contribution < -0.4 is 20.7 Å². The SMILES string of the molecule is Cn1c(C(F)(F)F)cc(=O)n(-c2cccc(Oc3ccccc3OCC=O)n2)c1=O. The van der Waals surface area contributed by atoms with Crippen molar-refractivity contribution >= 4 is 6.29 Å². The molecule has 8 nitrogen and oxygen atoms in total. The van der Waals surface area contributed by atoms with Gasteiger partial charge in [-0.3, -0.25) is 14.2 Å². The first-order chi connectivity index (χ1) is 14.2. The van der Waals surface area contributed by atoms with Crippen molar-refractivity contribution in [3.8, 4) is 23.2 Å². The van der Waals surface area contributed by atoms with Gasteiger partial charge in [0.1, 0.15) is 18.1 Å². The van der Waals surface area contributed by atoms with Crippen LogP contribution in [0.4, 0.5) is 13.2 Å². The van der Waals surface area contributed by atoms with Crippen LogP contribution in [0.5, 0.6) is 17.4 Å². The number of aldehydes is 1. The Bertz CT molecular complexity index is 1200. The highest BCUT2D eigenvalue weighted by atomic mass is 19.4. The molecule has 30 heavy (non-hydrogen) atoms. The van der Waals surface area contributed by atoms with Crippen LogP contribution in [0.2, 0.25) is 0 Å². The molecule has 0 aliphatic carbocycles. The summed E-state index contributed by atoms with van der Waals surface area (Å²) in [6.45, 7) is -0.204. The molecule has 11 heteroatoms. The van der Waals surface area contributed by atoms with E-state index in [9.17, 15) is 27.6 Å². The van der Waals surface area contributed by atoms with Crippen LogP contribution in [-0.4, -0.2) is 27.0 Å². The third-order valence-electron chi connectivity index (χ3n) is 3.92. The molecule has 0 saturated carbocycles. The Morgan fingerprint density at radius 3 is 2.43 bits per heavy atom. The lowest BCUT2D eigenvalue weighted by Crippen LogP contribution is -2.41. The molecule has 2 aromatic heterocycles. The Labute approximate surface area is 166 Å². The molecule has 1 aromatic carbocycles. The molecule has 0 N–H and O–H groups in total. The number of benzene rings is 1. The molecule has 0 aliphatic rings. The number of nitrogens with zero attached hydrogens (tertiary/aromatic N) is 3. The maximum Gasteiger partial charge on any atom is 0.431 e. The Morgan fingerprint density at radius 1 is 1.07 bits per heavy atom. The van der Waals surface area contributed by atoms with Gasteiger partial charge in [-0.05, 0) is 18.2 Å². The van der Waals surface area contributed by atoms with E-state index in [-0.39, 0.29) is 29.8 Å². The van der Waals surface area contributed by atoms with Gasteiger partial charge in [0, 0.05) is 19.2 Å². The second kappa shape index (κ2) is 8.23. The van der Waals surface area contributed by atoms with Crippen molar-refractivity contribution in [1.29, 1.82) is 0 Å². The molecule has 0 aliphatic heterocycles. The molecule has 3 aromatic rings. The predicted octanol–water partition coefficient (Wildman–Crippen LogP) is 2.32. The van der Waals surface area contributed by atoms with Crippen molar-refractivity contribution in [1.82, 2.24) is 14.1 Å². The number of pyridine rings is 1. The van der Waals surface area contributed by atoms with Crippen molar-refractivity contribution in [3.63, 3.8) is 0 Å². The summed E-state index contributed by atoms with van der Waals surface area (Å²) in [4.78, 5) is 39.2. The maximum atomic E-state index is 13.0. The molecule has 0 bridgehead atoms. The molecule has 156 valence electrons. The molecule has 0 saturated heterocycles. The third kappa shape index (κ3) is 4.24. The zero-order valence-corrected chi connectivity index (χ0v) is 15.4. The number of alkyl halides is 3. The van der Waals surface area contributed by atoms with E-state index in [1.54, 1.807) is 18.2 Å². The maximum absolute atomic E-state index is 13.0. The Morgan fingerprint density at radius 2 is 1.77 bits per heavy atom. The standard InChI is InChI=1S/C19H14F3N3O5/c1-24-14(19(20,21)22)11-17(27)25(18(24)28)15-7-4-8-16(23-15)30-13-6-3-2-5-12(13)29-10-9-26/h2-9,11H,10H2,1H3. The Kier molecular flexibility index (Phi) is 5.72. The van der Waals surface area contributed by atoms with Crippen molar-refractivity contribution in [2.45, 2.75) is 6.18 Å². The molecular formula is C19H14F3N3O5. The average molecular weight is 421 g/mol. The largest absolute Gasteiger partial charge is 0.482 e. The molecule has 0 radical (unpaired) electrons. The summed E-state index contributed by atoms with van der Waals surface area (Å²) in [5.74, 6) is 0.178. The normalized spacial score (nSPS) is 11.2. The van der Waals surface area contributed by atoms with E-state index in [4.69, 9.17) is 9.47 Å². The van der Waals surface area contributed by atoms with Crippen LogP contribution in [0.15, 0.2) is 58.1 Å².